The fourth-order valence-electron chi connectivity index (χ4n) is 4.72. The van der Waals surface area contributed by atoms with Gasteiger partial charge in [-0.3, -0.25) is 14.4 Å². The molecule has 1 atom stereocenters. The van der Waals surface area contributed by atoms with Gasteiger partial charge in [0.15, 0.2) is 11.2 Å². The molecule has 2 aliphatic heterocycles. The Morgan fingerprint density at radius 3 is 2.41 bits per heavy atom. The van der Waals surface area contributed by atoms with Gasteiger partial charge in [-0.1, -0.05) is 12.1 Å². The summed E-state index contributed by atoms with van der Waals surface area (Å²) in [5, 5.41) is 0.321. The van der Waals surface area contributed by atoms with E-state index in [1.54, 1.807) is 67.8 Å². The van der Waals surface area contributed by atoms with Crippen LogP contribution in [0.2, 0.25) is 0 Å². The first-order valence-electron chi connectivity index (χ1n) is 11.5. The second kappa shape index (κ2) is 8.67. The molecule has 0 bridgehead atoms. The van der Waals surface area contributed by atoms with Gasteiger partial charge in [0.1, 0.15) is 28.6 Å². The maximum absolute atomic E-state index is 13.5. The van der Waals surface area contributed by atoms with E-state index in [0.717, 1.165) is 5.56 Å². The number of fused-ring (bicyclic) bond motifs is 4. The third-order valence-corrected chi connectivity index (χ3v) is 6.57. The second-order valence-electron chi connectivity index (χ2n) is 8.68. The fourth-order valence-corrected chi connectivity index (χ4v) is 4.72. The maximum Gasteiger partial charge on any atom is 0.312 e. The third kappa shape index (κ3) is 3.74. The van der Waals surface area contributed by atoms with Crippen molar-refractivity contribution in [2.45, 2.75) is 12.3 Å². The van der Waals surface area contributed by atoms with Crippen LogP contribution in [0.4, 0.5) is 0 Å². The number of Topliss-reactive ketones (excluding diaryl/α,β-unsaturated/α-hetero) is 1. The van der Waals surface area contributed by atoms with Crippen LogP contribution in [0.3, 0.4) is 0 Å². The summed E-state index contributed by atoms with van der Waals surface area (Å²) in [6.45, 7) is 0. The molecule has 0 saturated heterocycles. The van der Waals surface area contributed by atoms with Crippen LogP contribution < -0.4 is 24.4 Å². The zero-order valence-electron chi connectivity index (χ0n) is 19.9. The van der Waals surface area contributed by atoms with Gasteiger partial charge in [0.2, 0.25) is 5.78 Å². The van der Waals surface area contributed by atoms with E-state index in [1.165, 1.54) is 13.4 Å². The molecule has 3 aromatic carbocycles. The molecule has 0 saturated carbocycles. The largest absolute Gasteiger partial charge is 0.497 e. The molecule has 0 spiro atoms. The number of ketones is 1. The molecular formula is C29H20O8. The molecule has 8 heteroatoms. The Kier molecular flexibility index (Phi) is 5.30. The van der Waals surface area contributed by atoms with Crippen LogP contribution >= 0.6 is 0 Å². The molecule has 0 fully saturated rings. The molecule has 6 rings (SSSR count). The van der Waals surface area contributed by atoms with Crippen molar-refractivity contribution in [3.05, 3.63) is 99.1 Å². The Bertz CT molecular complexity index is 1680. The van der Waals surface area contributed by atoms with Gasteiger partial charge in [0.05, 0.1) is 37.9 Å². The lowest BCUT2D eigenvalue weighted by Gasteiger charge is -2.25. The smallest absolute Gasteiger partial charge is 0.312 e. The quantitative estimate of drug-likeness (QED) is 0.224. The van der Waals surface area contributed by atoms with Gasteiger partial charge in [-0.15, -0.1) is 0 Å². The number of carbonyl (C=O) groups is 2. The highest BCUT2D eigenvalue weighted by molar-refractivity contribution is 6.15. The van der Waals surface area contributed by atoms with Crippen LogP contribution in [-0.2, 0) is 4.79 Å². The highest BCUT2D eigenvalue weighted by Gasteiger charge is 2.39. The summed E-state index contributed by atoms with van der Waals surface area (Å²) in [6, 6.07) is 15.2. The van der Waals surface area contributed by atoms with Crippen molar-refractivity contribution in [2.24, 2.45) is 0 Å². The Morgan fingerprint density at radius 2 is 1.65 bits per heavy atom. The monoisotopic (exact) mass is 496 g/mol. The van der Waals surface area contributed by atoms with Crippen molar-refractivity contribution in [2.75, 3.05) is 14.2 Å². The van der Waals surface area contributed by atoms with Crippen molar-refractivity contribution in [1.29, 1.82) is 0 Å². The molecule has 0 unspecified atom stereocenters. The SMILES string of the molecule is COc1ccc(/C=C2\Oc3c(ccc4c3[C@@H](c3coc5ccc(OC)cc5c3=O)CC(=O)O4)C2=O)cc1. The lowest BCUT2D eigenvalue weighted by atomic mass is 9.85. The number of rotatable bonds is 4. The van der Waals surface area contributed by atoms with Crippen molar-refractivity contribution < 1.29 is 33.0 Å². The molecule has 0 amide bonds. The zero-order valence-corrected chi connectivity index (χ0v) is 19.9. The van der Waals surface area contributed by atoms with E-state index in [9.17, 15) is 14.4 Å². The Hall–Kier alpha value is -4.85. The standard InChI is InChI=1S/C29H20O8/c1-33-16-5-3-15(4-6-16)11-24-28(32)18-8-10-23-26(29(18)37-24)19(13-25(30)36-23)21-14-35-22-9-7-17(34-2)12-20(22)27(21)31/h3-12,14,19H,13H2,1-2H3/b24-11-/t19-/m1/s1. The molecule has 0 radical (unpaired) electrons. The minimum absolute atomic E-state index is 0.112. The van der Waals surface area contributed by atoms with E-state index in [0.29, 0.717) is 33.6 Å². The normalized spacial score (nSPS) is 17.2. The highest BCUT2D eigenvalue weighted by Crippen LogP contribution is 2.48. The number of ether oxygens (including phenoxy) is 4. The van der Waals surface area contributed by atoms with Gasteiger partial charge in [0, 0.05) is 17.0 Å². The third-order valence-electron chi connectivity index (χ3n) is 6.57. The predicted octanol–water partition coefficient (Wildman–Crippen LogP) is 4.87. The van der Waals surface area contributed by atoms with Crippen molar-refractivity contribution in [3.63, 3.8) is 0 Å². The van der Waals surface area contributed by atoms with Gasteiger partial charge in [-0.05, 0) is 54.1 Å². The Morgan fingerprint density at radius 1 is 0.892 bits per heavy atom. The summed E-state index contributed by atoms with van der Waals surface area (Å²) in [6.07, 6.45) is 2.88. The van der Waals surface area contributed by atoms with Crippen molar-refractivity contribution in [1.82, 2.24) is 0 Å². The topological polar surface area (TPSA) is 101 Å². The highest BCUT2D eigenvalue weighted by atomic mass is 16.5. The molecule has 8 nitrogen and oxygen atoms in total. The number of carbonyl (C=O) groups excluding carboxylic acids is 2. The summed E-state index contributed by atoms with van der Waals surface area (Å²) in [7, 11) is 3.08. The summed E-state index contributed by atoms with van der Waals surface area (Å²) in [5.74, 6) is 0.290. The van der Waals surface area contributed by atoms with Gasteiger partial charge in [-0.2, -0.15) is 0 Å². The number of benzene rings is 3. The average Bonchev–Trinajstić information content (AvgIpc) is 3.23. The summed E-state index contributed by atoms with van der Waals surface area (Å²) >= 11 is 0. The van der Waals surface area contributed by atoms with Crippen molar-refractivity contribution >= 4 is 28.8 Å². The number of esters is 1. The number of hydrogen-bond acceptors (Lipinski definition) is 8. The molecule has 3 heterocycles. The van der Waals surface area contributed by atoms with E-state index in [2.05, 4.69) is 0 Å². The predicted molar refractivity (Wildman–Crippen MR) is 134 cm³/mol. The van der Waals surface area contributed by atoms with Gasteiger partial charge in [-0.25, -0.2) is 0 Å². The van der Waals surface area contributed by atoms with Gasteiger partial charge in [0.25, 0.3) is 0 Å². The number of hydrogen-bond donors (Lipinski definition) is 0. The van der Waals surface area contributed by atoms with Crippen LogP contribution in [0, 0.1) is 0 Å². The van der Waals surface area contributed by atoms with Crippen LogP contribution in [0.15, 0.2) is 75.8 Å². The van der Waals surface area contributed by atoms with E-state index < -0.39 is 11.9 Å². The average molecular weight is 496 g/mol. The summed E-state index contributed by atoms with van der Waals surface area (Å²) in [4.78, 5) is 39.3. The first-order chi connectivity index (χ1) is 18.0. The van der Waals surface area contributed by atoms with Crippen LogP contribution in [-0.4, -0.2) is 26.0 Å². The molecule has 37 heavy (non-hydrogen) atoms. The van der Waals surface area contributed by atoms with Crippen LogP contribution in [0.5, 0.6) is 23.0 Å². The minimum Gasteiger partial charge on any atom is -0.497 e. The first-order valence-corrected chi connectivity index (χ1v) is 11.5. The zero-order chi connectivity index (χ0) is 25.7. The molecule has 2 aliphatic rings. The summed E-state index contributed by atoms with van der Waals surface area (Å²) in [5.41, 5.74) is 1.88. The molecule has 4 aromatic rings. The van der Waals surface area contributed by atoms with Crippen molar-refractivity contribution in [3.8, 4) is 23.0 Å². The number of allylic oxidation sites excluding steroid dienone is 1. The lowest BCUT2D eigenvalue weighted by Crippen LogP contribution is -2.25. The fraction of sp³-hybridized carbons (Fsp3) is 0.138. The molecule has 1 aromatic heterocycles. The van der Waals surface area contributed by atoms with Gasteiger partial charge >= 0.3 is 5.97 Å². The van der Waals surface area contributed by atoms with Crippen LogP contribution in [0.1, 0.15) is 39.4 Å². The molecule has 0 aliphatic carbocycles. The second-order valence-corrected chi connectivity index (χ2v) is 8.68. The molecule has 184 valence electrons. The Balaban J connectivity index is 1.47. The summed E-state index contributed by atoms with van der Waals surface area (Å²) < 4.78 is 27.7. The molecular weight excluding hydrogens is 476 g/mol. The minimum atomic E-state index is -0.730. The molecule has 0 N–H and O–H groups in total. The van der Waals surface area contributed by atoms with E-state index >= 15 is 0 Å². The van der Waals surface area contributed by atoms with Crippen LogP contribution in [0.25, 0.3) is 17.0 Å². The van der Waals surface area contributed by atoms with E-state index in [-0.39, 0.29) is 40.5 Å². The van der Waals surface area contributed by atoms with Gasteiger partial charge < -0.3 is 23.4 Å². The number of methoxy groups -OCH3 is 2. The lowest BCUT2D eigenvalue weighted by molar-refractivity contribution is -0.135. The van der Waals surface area contributed by atoms with E-state index in [4.69, 9.17) is 23.4 Å². The maximum atomic E-state index is 13.5. The van der Waals surface area contributed by atoms with E-state index in [1.807, 2.05) is 0 Å². The Labute approximate surface area is 210 Å². The first kappa shape index (κ1) is 22.6.